The van der Waals surface area contributed by atoms with Crippen LogP contribution in [0.5, 0.6) is 0 Å². The molecule has 3 heterocycles. The summed E-state index contributed by atoms with van der Waals surface area (Å²) in [4.78, 5) is 18.7. The van der Waals surface area contributed by atoms with Gasteiger partial charge in [-0.15, -0.1) is 0 Å². The number of aromatic nitrogens is 3. The van der Waals surface area contributed by atoms with E-state index in [-0.39, 0.29) is 18.1 Å². The standard InChI is InChI=1S/C16H27N5O2/c1-13(16(22)18-8-15-5-3-7-23-15)20-6-2-4-14(9-20)10-21-12-17-11-19-21/h11-15H,2-10H2,1H3,(H,18,22). The van der Waals surface area contributed by atoms with Gasteiger partial charge in [0.05, 0.1) is 12.1 Å². The third-order valence-electron chi connectivity index (χ3n) is 4.92. The van der Waals surface area contributed by atoms with E-state index in [4.69, 9.17) is 4.74 Å². The van der Waals surface area contributed by atoms with Crippen molar-refractivity contribution in [3.8, 4) is 0 Å². The van der Waals surface area contributed by atoms with Gasteiger partial charge < -0.3 is 10.1 Å². The van der Waals surface area contributed by atoms with Crippen molar-refractivity contribution in [2.75, 3.05) is 26.2 Å². The zero-order valence-corrected chi connectivity index (χ0v) is 13.9. The first-order chi connectivity index (χ1) is 11.2. The van der Waals surface area contributed by atoms with Crippen molar-refractivity contribution in [2.24, 2.45) is 5.92 Å². The number of nitrogens with one attached hydrogen (secondary N) is 1. The molecule has 1 aromatic heterocycles. The Morgan fingerprint density at radius 2 is 2.35 bits per heavy atom. The van der Waals surface area contributed by atoms with Gasteiger partial charge in [-0.2, -0.15) is 5.10 Å². The van der Waals surface area contributed by atoms with Gasteiger partial charge in [-0.1, -0.05) is 0 Å². The van der Waals surface area contributed by atoms with Crippen LogP contribution in [-0.4, -0.2) is 64.0 Å². The highest BCUT2D eigenvalue weighted by Gasteiger charge is 2.28. The van der Waals surface area contributed by atoms with Crippen molar-refractivity contribution in [3.05, 3.63) is 12.7 Å². The SMILES string of the molecule is CC(C(=O)NCC1CCCO1)N1CCCC(Cn2cncn2)C1. The number of likely N-dealkylation sites (tertiary alicyclic amines) is 1. The summed E-state index contributed by atoms with van der Waals surface area (Å²) in [7, 11) is 0. The van der Waals surface area contributed by atoms with Gasteiger partial charge in [0, 0.05) is 26.2 Å². The van der Waals surface area contributed by atoms with Crippen molar-refractivity contribution in [2.45, 2.75) is 51.3 Å². The van der Waals surface area contributed by atoms with Crippen LogP contribution in [0.2, 0.25) is 0 Å². The molecule has 7 nitrogen and oxygen atoms in total. The van der Waals surface area contributed by atoms with Crippen LogP contribution < -0.4 is 5.32 Å². The number of amides is 1. The molecule has 0 aliphatic carbocycles. The van der Waals surface area contributed by atoms with E-state index in [1.807, 2.05) is 11.6 Å². The van der Waals surface area contributed by atoms with Crippen LogP contribution in [0, 0.1) is 5.92 Å². The van der Waals surface area contributed by atoms with E-state index < -0.39 is 0 Å². The molecule has 1 N–H and O–H groups in total. The summed E-state index contributed by atoms with van der Waals surface area (Å²) in [6, 6.07) is -0.0880. The maximum Gasteiger partial charge on any atom is 0.237 e. The van der Waals surface area contributed by atoms with Gasteiger partial charge in [0.25, 0.3) is 0 Å². The zero-order valence-electron chi connectivity index (χ0n) is 13.9. The lowest BCUT2D eigenvalue weighted by Gasteiger charge is -2.36. The van der Waals surface area contributed by atoms with E-state index in [1.165, 1.54) is 6.42 Å². The van der Waals surface area contributed by atoms with Crippen molar-refractivity contribution in [1.29, 1.82) is 0 Å². The van der Waals surface area contributed by atoms with E-state index in [0.29, 0.717) is 12.5 Å². The van der Waals surface area contributed by atoms with Crippen molar-refractivity contribution < 1.29 is 9.53 Å². The highest BCUT2D eigenvalue weighted by atomic mass is 16.5. The Morgan fingerprint density at radius 1 is 1.43 bits per heavy atom. The first-order valence-corrected chi connectivity index (χ1v) is 8.68. The lowest BCUT2D eigenvalue weighted by Crippen LogP contribution is -2.50. The predicted octanol–water partition coefficient (Wildman–Crippen LogP) is 0.674. The van der Waals surface area contributed by atoms with Crippen LogP contribution in [0.15, 0.2) is 12.7 Å². The molecule has 2 saturated heterocycles. The average Bonchev–Trinajstić information content (AvgIpc) is 3.25. The van der Waals surface area contributed by atoms with Crippen molar-refractivity contribution in [1.82, 2.24) is 25.0 Å². The summed E-state index contributed by atoms with van der Waals surface area (Å²) in [5, 5.41) is 7.23. The molecule has 2 aliphatic heterocycles. The highest BCUT2D eigenvalue weighted by Crippen LogP contribution is 2.20. The smallest absolute Gasteiger partial charge is 0.237 e. The predicted molar refractivity (Wildman–Crippen MR) is 85.8 cm³/mol. The maximum absolute atomic E-state index is 12.4. The van der Waals surface area contributed by atoms with Gasteiger partial charge in [0.1, 0.15) is 12.7 Å². The molecule has 1 aromatic rings. The Labute approximate surface area is 137 Å². The highest BCUT2D eigenvalue weighted by molar-refractivity contribution is 5.81. The van der Waals surface area contributed by atoms with Gasteiger partial charge >= 0.3 is 0 Å². The number of hydrogen-bond acceptors (Lipinski definition) is 5. The largest absolute Gasteiger partial charge is 0.376 e. The molecule has 7 heteroatoms. The first kappa shape index (κ1) is 16.4. The summed E-state index contributed by atoms with van der Waals surface area (Å²) in [5.74, 6) is 0.640. The summed E-state index contributed by atoms with van der Waals surface area (Å²) in [6.45, 7) is 6.27. The second kappa shape index (κ2) is 7.88. The molecule has 1 amide bonds. The number of nitrogens with zero attached hydrogens (tertiary/aromatic N) is 4. The van der Waals surface area contributed by atoms with E-state index in [2.05, 4.69) is 20.3 Å². The molecule has 0 spiro atoms. The quantitative estimate of drug-likeness (QED) is 0.834. The molecule has 0 bridgehead atoms. The lowest BCUT2D eigenvalue weighted by molar-refractivity contribution is -0.127. The summed E-state index contributed by atoms with van der Waals surface area (Å²) < 4.78 is 7.45. The molecular weight excluding hydrogens is 294 g/mol. The van der Waals surface area contributed by atoms with Gasteiger partial charge in [-0.05, 0) is 45.1 Å². The summed E-state index contributed by atoms with van der Waals surface area (Å²) >= 11 is 0. The number of carbonyl (C=O) groups excluding carboxylic acids is 1. The van der Waals surface area contributed by atoms with Gasteiger partial charge in [0.15, 0.2) is 0 Å². The zero-order chi connectivity index (χ0) is 16.1. The maximum atomic E-state index is 12.4. The van der Waals surface area contributed by atoms with E-state index in [1.54, 1.807) is 12.7 Å². The van der Waals surface area contributed by atoms with E-state index in [9.17, 15) is 4.79 Å². The fourth-order valence-electron chi connectivity index (χ4n) is 3.52. The topological polar surface area (TPSA) is 72.3 Å². The van der Waals surface area contributed by atoms with Crippen molar-refractivity contribution >= 4 is 5.91 Å². The van der Waals surface area contributed by atoms with E-state index >= 15 is 0 Å². The first-order valence-electron chi connectivity index (χ1n) is 8.68. The monoisotopic (exact) mass is 321 g/mol. The Balaban J connectivity index is 1.45. The molecule has 0 aromatic carbocycles. The fourth-order valence-corrected chi connectivity index (χ4v) is 3.52. The van der Waals surface area contributed by atoms with Crippen LogP contribution in [0.25, 0.3) is 0 Å². The Bertz CT molecular complexity index is 487. The van der Waals surface area contributed by atoms with Crippen LogP contribution in [0.1, 0.15) is 32.6 Å². The number of hydrogen-bond donors (Lipinski definition) is 1. The molecule has 128 valence electrons. The summed E-state index contributed by atoms with van der Waals surface area (Å²) in [6.07, 6.45) is 8.00. The number of ether oxygens (including phenoxy) is 1. The molecule has 23 heavy (non-hydrogen) atoms. The summed E-state index contributed by atoms with van der Waals surface area (Å²) in [5.41, 5.74) is 0. The van der Waals surface area contributed by atoms with Crippen LogP contribution in [-0.2, 0) is 16.1 Å². The molecule has 2 fully saturated rings. The molecule has 3 unspecified atom stereocenters. The van der Waals surface area contributed by atoms with Crippen molar-refractivity contribution in [3.63, 3.8) is 0 Å². The van der Waals surface area contributed by atoms with Crippen LogP contribution in [0.3, 0.4) is 0 Å². The van der Waals surface area contributed by atoms with Gasteiger partial charge in [0.2, 0.25) is 5.91 Å². The molecule has 3 rings (SSSR count). The second-order valence-electron chi connectivity index (χ2n) is 6.68. The molecule has 2 aliphatic rings. The van der Waals surface area contributed by atoms with Gasteiger partial charge in [-0.3, -0.25) is 14.4 Å². The number of carbonyl (C=O) groups is 1. The Hall–Kier alpha value is -1.47. The Kier molecular flexibility index (Phi) is 5.61. The van der Waals surface area contributed by atoms with Crippen LogP contribution >= 0.6 is 0 Å². The minimum absolute atomic E-state index is 0.0880. The molecule has 0 saturated carbocycles. The molecule has 3 atom stereocenters. The normalized spacial score (nSPS) is 27.0. The third kappa shape index (κ3) is 4.51. The number of piperidine rings is 1. The molecular formula is C16H27N5O2. The van der Waals surface area contributed by atoms with Crippen LogP contribution in [0.4, 0.5) is 0 Å². The minimum atomic E-state index is -0.0880. The lowest BCUT2D eigenvalue weighted by atomic mass is 9.96. The number of rotatable bonds is 6. The minimum Gasteiger partial charge on any atom is -0.376 e. The average molecular weight is 321 g/mol. The van der Waals surface area contributed by atoms with E-state index in [0.717, 1.165) is 45.5 Å². The van der Waals surface area contributed by atoms with Gasteiger partial charge in [-0.25, -0.2) is 4.98 Å². The Morgan fingerprint density at radius 3 is 3.09 bits per heavy atom. The molecule has 0 radical (unpaired) electrons. The third-order valence-corrected chi connectivity index (χ3v) is 4.92. The fraction of sp³-hybridized carbons (Fsp3) is 0.812. The second-order valence-corrected chi connectivity index (χ2v) is 6.68.